The van der Waals surface area contributed by atoms with E-state index in [9.17, 15) is 22.8 Å². The average molecular weight is 403 g/mol. The van der Waals surface area contributed by atoms with Crippen LogP contribution in [-0.2, 0) is 15.7 Å². The Balaban J connectivity index is 2.07. The van der Waals surface area contributed by atoms with Gasteiger partial charge in [-0.3, -0.25) is 4.79 Å². The summed E-state index contributed by atoms with van der Waals surface area (Å²) in [5.74, 6) is -1.35. The third-order valence-electron chi connectivity index (χ3n) is 3.59. The Bertz CT molecular complexity index is 961. The number of amides is 1. The van der Waals surface area contributed by atoms with Crippen LogP contribution in [0.5, 0.6) is 0 Å². The molecule has 150 valence electrons. The van der Waals surface area contributed by atoms with E-state index in [1.165, 1.54) is 18.2 Å². The second kappa shape index (κ2) is 9.41. The van der Waals surface area contributed by atoms with Crippen molar-refractivity contribution in [1.29, 1.82) is 5.26 Å². The van der Waals surface area contributed by atoms with Crippen molar-refractivity contribution in [1.82, 2.24) is 0 Å². The molecule has 0 bridgehead atoms. The highest BCUT2D eigenvalue weighted by Crippen LogP contribution is 2.30. The minimum absolute atomic E-state index is 0.0928. The summed E-state index contributed by atoms with van der Waals surface area (Å²) in [7, 11) is 0. The lowest BCUT2D eigenvalue weighted by molar-refractivity contribution is -0.137. The maximum Gasteiger partial charge on any atom is 0.416 e. The van der Waals surface area contributed by atoms with Crippen LogP contribution in [0.15, 0.2) is 60.3 Å². The Hall–Kier alpha value is -3.80. The molecule has 0 atom stereocenters. The van der Waals surface area contributed by atoms with Gasteiger partial charge in [0.05, 0.1) is 17.7 Å². The Morgan fingerprint density at radius 3 is 2.41 bits per heavy atom. The number of hydrogen-bond acceptors (Lipinski definition) is 5. The quantitative estimate of drug-likeness (QED) is 0.425. The number of benzene rings is 2. The number of carbonyl (C=O) groups excluding carboxylic acids is 2. The molecule has 0 radical (unpaired) electrons. The minimum atomic E-state index is -4.55. The van der Waals surface area contributed by atoms with Crippen molar-refractivity contribution in [3.05, 3.63) is 71.4 Å². The predicted molar refractivity (Wildman–Crippen MR) is 99.8 cm³/mol. The number of nitrogens with zero attached hydrogens (tertiary/aromatic N) is 1. The van der Waals surface area contributed by atoms with E-state index in [-0.39, 0.29) is 17.9 Å². The standard InChI is InChI=1S/C20H16F3N3O3/c1-2-29-19(28)13-6-8-16(9-7-13)25-12-14(11-24)18(27)26-17-5-3-4-15(10-17)20(21,22)23/h3-10,12,25H,2H2,1H3,(H,26,27)/b14-12-. The molecular formula is C20H16F3N3O3. The lowest BCUT2D eigenvalue weighted by Crippen LogP contribution is -2.15. The number of halogens is 3. The first-order valence-electron chi connectivity index (χ1n) is 8.37. The van der Waals surface area contributed by atoms with Gasteiger partial charge in [0.15, 0.2) is 0 Å². The van der Waals surface area contributed by atoms with Crippen LogP contribution in [0.4, 0.5) is 24.5 Å². The second-order valence-corrected chi connectivity index (χ2v) is 5.64. The molecule has 0 aromatic heterocycles. The normalized spacial score (nSPS) is 11.3. The number of nitrogens with one attached hydrogen (secondary N) is 2. The molecule has 9 heteroatoms. The third-order valence-corrected chi connectivity index (χ3v) is 3.59. The summed E-state index contributed by atoms with van der Waals surface area (Å²) in [4.78, 5) is 23.8. The van der Waals surface area contributed by atoms with Crippen LogP contribution in [0.25, 0.3) is 0 Å². The summed E-state index contributed by atoms with van der Waals surface area (Å²) < 4.78 is 43.1. The van der Waals surface area contributed by atoms with Gasteiger partial charge in [0.2, 0.25) is 0 Å². The van der Waals surface area contributed by atoms with Gasteiger partial charge in [-0.15, -0.1) is 0 Å². The molecule has 29 heavy (non-hydrogen) atoms. The number of hydrogen-bond donors (Lipinski definition) is 2. The molecule has 2 N–H and O–H groups in total. The zero-order valence-corrected chi connectivity index (χ0v) is 15.2. The van der Waals surface area contributed by atoms with Gasteiger partial charge < -0.3 is 15.4 Å². The van der Waals surface area contributed by atoms with Crippen molar-refractivity contribution >= 4 is 23.3 Å². The van der Waals surface area contributed by atoms with Crippen LogP contribution in [0.2, 0.25) is 0 Å². The van der Waals surface area contributed by atoms with E-state index in [1.807, 2.05) is 0 Å². The highest BCUT2D eigenvalue weighted by Gasteiger charge is 2.30. The van der Waals surface area contributed by atoms with Gasteiger partial charge in [0.25, 0.3) is 5.91 Å². The van der Waals surface area contributed by atoms with E-state index >= 15 is 0 Å². The van der Waals surface area contributed by atoms with Crippen LogP contribution < -0.4 is 10.6 Å². The number of nitriles is 1. The molecule has 0 fully saturated rings. The summed E-state index contributed by atoms with van der Waals surface area (Å²) in [6, 6.07) is 11.8. The van der Waals surface area contributed by atoms with Crippen molar-refractivity contribution in [2.75, 3.05) is 17.2 Å². The summed E-state index contributed by atoms with van der Waals surface area (Å²) in [6.45, 7) is 1.93. The van der Waals surface area contributed by atoms with Gasteiger partial charge in [0.1, 0.15) is 11.6 Å². The maximum absolute atomic E-state index is 12.7. The second-order valence-electron chi connectivity index (χ2n) is 5.64. The molecule has 2 aromatic rings. The molecule has 0 saturated carbocycles. The lowest BCUT2D eigenvalue weighted by atomic mass is 10.2. The zero-order chi connectivity index (χ0) is 21.4. The van der Waals surface area contributed by atoms with Crippen LogP contribution in [0.1, 0.15) is 22.8 Å². The van der Waals surface area contributed by atoms with Gasteiger partial charge >= 0.3 is 12.1 Å². The first-order valence-corrected chi connectivity index (χ1v) is 8.37. The Kier molecular flexibility index (Phi) is 6.98. The fraction of sp³-hybridized carbons (Fsp3) is 0.150. The Morgan fingerprint density at radius 1 is 1.14 bits per heavy atom. The number of esters is 1. The molecule has 0 aliphatic carbocycles. The predicted octanol–water partition coefficient (Wildman–Crippen LogP) is 4.34. The van der Waals surface area contributed by atoms with E-state index in [0.29, 0.717) is 11.3 Å². The summed E-state index contributed by atoms with van der Waals surface area (Å²) in [6.07, 6.45) is -3.44. The molecule has 2 aromatic carbocycles. The lowest BCUT2D eigenvalue weighted by Gasteiger charge is -2.09. The molecule has 0 unspecified atom stereocenters. The molecule has 1 amide bonds. The summed E-state index contributed by atoms with van der Waals surface area (Å²) >= 11 is 0. The first-order chi connectivity index (χ1) is 13.7. The third kappa shape index (κ3) is 6.10. The molecule has 0 heterocycles. The SMILES string of the molecule is CCOC(=O)c1ccc(N/C=C(/C#N)C(=O)Nc2cccc(C(F)(F)F)c2)cc1. The number of alkyl halides is 3. The fourth-order valence-corrected chi connectivity index (χ4v) is 2.19. The van der Waals surface area contributed by atoms with Crippen molar-refractivity contribution in [2.45, 2.75) is 13.1 Å². The Labute approximate surface area is 164 Å². The van der Waals surface area contributed by atoms with Crippen molar-refractivity contribution in [2.24, 2.45) is 0 Å². The number of ether oxygens (including phenoxy) is 1. The topological polar surface area (TPSA) is 91.2 Å². The van der Waals surface area contributed by atoms with Crippen LogP contribution >= 0.6 is 0 Å². The molecule has 0 saturated heterocycles. The average Bonchev–Trinajstić information content (AvgIpc) is 2.68. The van der Waals surface area contributed by atoms with Crippen LogP contribution in [-0.4, -0.2) is 18.5 Å². The van der Waals surface area contributed by atoms with Crippen LogP contribution in [0, 0.1) is 11.3 Å². The van der Waals surface area contributed by atoms with Crippen LogP contribution in [0.3, 0.4) is 0 Å². The molecule has 0 aliphatic rings. The van der Waals surface area contributed by atoms with Crippen molar-refractivity contribution in [3.63, 3.8) is 0 Å². The van der Waals surface area contributed by atoms with Gasteiger partial charge in [0, 0.05) is 17.6 Å². The smallest absolute Gasteiger partial charge is 0.416 e. The van der Waals surface area contributed by atoms with E-state index in [4.69, 9.17) is 10.00 Å². The van der Waals surface area contributed by atoms with E-state index in [1.54, 1.807) is 25.1 Å². The van der Waals surface area contributed by atoms with E-state index in [0.717, 1.165) is 24.4 Å². The van der Waals surface area contributed by atoms with E-state index in [2.05, 4.69) is 10.6 Å². The maximum atomic E-state index is 12.7. The molecule has 0 aliphatic heterocycles. The van der Waals surface area contributed by atoms with E-state index < -0.39 is 23.6 Å². The molecular weight excluding hydrogens is 387 g/mol. The van der Waals surface area contributed by atoms with Crippen molar-refractivity contribution in [3.8, 4) is 6.07 Å². The number of anilines is 2. The largest absolute Gasteiger partial charge is 0.462 e. The highest BCUT2D eigenvalue weighted by molar-refractivity contribution is 6.06. The summed E-state index contributed by atoms with van der Waals surface area (Å²) in [5, 5.41) is 14.1. The minimum Gasteiger partial charge on any atom is -0.462 e. The van der Waals surface area contributed by atoms with Gasteiger partial charge in [-0.25, -0.2) is 4.79 Å². The number of carbonyl (C=O) groups is 2. The van der Waals surface area contributed by atoms with Gasteiger partial charge in [-0.1, -0.05) is 6.07 Å². The fourth-order valence-electron chi connectivity index (χ4n) is 2.19. The highest BCUT2D eigenvalue weighted by atomic mass is 19.4. The zero-order valence-electron chi connectivity index (χ0n) is 15.2. The number of rotatable bonds is 6. The summed E-state index contributed by atoms with van der Waals surface area (Å²) in [5.41, 5.74) is -0.541. The van der Waals surface area contributed by atoms with Crippen molar-refractivity contribution < 1.29 is 27.5 Å². The molecule has 6 nitrogen and oxygen atoms in total. The first kappa shape index (κ1) is 21.5. The molecule has 2 rings (SSSR count). The Morgan fingerprint density at radius 2 is 1.83 bits per heavy atom. The monoisotopic (exact) mass is 403 g/mol. The van der Waals surface area contributed by atoms with Gasteiger partial charge in [-0.2, -0.15) is 18.4 Å². The molecule has 0 spiro atoms. The van der Waals surface area contributed by atoms with Gasteiger partial charge in [-0.05, 0) is 49.4 Å².